The standard InChI is InChI=1S/C30H37F6N7O5/c31-29(32,33)20-3-1-18(2-4-20)5-10-37-26(47)22-15-21(44)17-43(22)24-16-23(40-27(41-24)30(34,35)36)42-13-8-19(9-14-42)6-11-38-28(48)39-12-7-25(45)46/h1-4,16,19,21-22,44H,5-15,17H2,(H,37,47)(H,45,46)(H2,38,39,48)/t21-,22-/m0/s1. The van der Waals surface area contributed by atoms with E-state index in [4.69, 9.17) is 5.11 Å². The summed E-state index contributed by atoms with van der Waals surface area (Å²) in [6.45, 7) is 0.981. The third-order valence-corrected chi connectivity index (χ3v) is 8.22. The third-order valence-electron chi connectivity index (χ3n) is 8.22. The number of halogens is 6. The summed E-state index contributed by atoms with van der Waals surface area (Å²) in [5.41, 5.74) is -0.260. The Labute approximate surface area is 271 Å². The Hall–Kier alpha value is -4.35. The minimum atomic E-state index is -4.89. The van der Waals surface area contributed by atoms with Crippen molar-refractivity contribution in [1.29, 1.82) is 0 Å². The third kappa shape index (κ3) is 10.3. The maximum absolute atomic E-state index is 13.9. The first kappa shape index (κ1) is 36.5. The van der Waals surface area contributed by atoms with E-state index in [9.17, 15) is 45.8 Å². The van der Waals surface area contributed by atoms with E-state index in [-0.39, 0.29) is 56.5 Å². The number of piperidine rings is 1. The van der Waals surface area contributed by atoms with Crippen molar-refractivity contribution in [3.8, 4) is 0 Å². The highest BCUT2D eigenvalue weighted by atomic mass is 19.4. The molecule has 2 aromatic rings. The molecule has 3 amide bonds. The average Bonchev–Trinajstić information content (AvgIpc) is 3.42. The van der Waals surface area contributed by atoms with Gasteiger partial charge in [-0.2, -0.15) is 26.3 Å². The molecule has 2 aliphatic heterocycles. The zero-order chi connectivity index (χ0) is 35.1. The van der Waals surface area contributed by atoms with Gasteiger partial charge in [0.15, 0.2) is 0 Å². The molecule has 1 aromatic heterocycles. The summed E-state index contributed by atoms with van der Waals surface area (Å²) in [6, 6.07) is 4.30. The van der Waals surface area contributed by atoms with Gasteiger partial charge in [0.1, 0.15) is 17.7 Å². The molecule has 18 heteroatoms. The average molecular weight is 690 g/mol. The van der Waals surface area contributed by atoms with Crippen LogP contribution in [0.4, 0.5) is 42.8 Å². The van der Waals surface area contributed by atoms with Crippen LogP contribution in [0.1, 0.15) is 49.1 Å². The van der Waals surface area contributed by atoms with Gasteiger partial charge in [-0.15, -0.1) is 0 Å². The molecule has 2 fully saturated rings. The van der Waals surface area contributed by atoms with Gasteiger partial charge in [-0.3, -0.25) is 9.59 Å². The predicted octanol–water partition coefficient (Wildman–Crippen LogP) is 3.19. The first-order chi connectivity index (χ1) is 22.6. The van der Waals surface area contributed by atoms with E-state index in [1.54, 1.807) is 4.90 Å². The van der Waals surface area contributed by atoms with Gasteiger partial charge in [-0.1, -0.05) is 12.1 Å². The highest BCUT2D eigenvalue weighted by Gasteiger charge is 2.41. The number of hydrogen-bond donors (Lipinski definition) is 5. The van der Waals surface area contributed by atoms with Crippen LogP contribution in [0.3, 0.4) is 0 Å². The SMILES string of the molecule is O=C(O)CCNC(=O)NCCC1CCN(c2cc(N3C[C@@H](O)C[C@H]3C(=O)NCCc3ccc(C(F)(F)F)cc3)nc(C(F)(F)F)n2)CC1. The van der Waals surface area contributed by atoms with Gasteiger partial charge in [0.25, 0.3) is 0 Å². The molecule has 0 saturated carbocycles. The van der Waals surface area contributed by atoms with E-state index in [0.717, 1.165) is 12.1 Å². The van der Waals surface area contributed by atoms with Crippen molar-refractivity contribution in [3.05, 3.63) is 47.3 Å². The summed E-state index contributed by atoms with van der Waals surface area (Å²) in [5, 5.41) is 26.8. The molecule has 2 atom stereocenters. The van der Waals surface area contributed by atoms with E-state index >= 15 is 0 Å². The highest BCUT2D eigenvalue weighted by molar-refractivity contribution is 5.86. The minimum Gasteiger partial charge on any atom is -0.481 e. The monoisotopic (exact) mass is 689 g/mol. The largest absolute Gasteiger partial charge is 0.481 e. The molecule has 0 aliphatic carbocycles. The second-order valence-corrected chi connectivity index (χ2v) is 11.7. The lowest BCUT2D eigenvalue weighted by Crippen LogP contribution is -2.44. The van der Waals surface area contributed by atoms with Crippen LogP contribution in [0.15, 0.2) is 30.3 Å². The number of aliphatic hydroxyl groups excluding tert-OH is 1. The Balaban J connectivity index is 1.36. The first-order valence-corrected chi connectivity index (χ1v) is 15.4. The topological polar surface area (TPSA) is 160 Å². The number of nitrogens with zero attached hydrogens (tertiary/aromatic N) is 4. The number of aliphatic carboxylic acids is 1. The number of rotatable bonds is 12. The molecule has 3 heterocycles. The zero-order valence-electron chi connectivity index (χ0n) is 25.8. The molecule has 12 nitrogen and oxygen atoms in total. The summed E-state index contributed by atoms with van der Waals surface area (Å²) in [7, 11) is 0. The maximum atomic E-state index is 13.9. The van der Waals surface area contributed by atoms with E-state index in [1.807, 2.05) is 0 Å². The van der Waals surface area contributed by atoms with Crippen LogP contribution >= 0.6 is 0 Å². The van der Waals surface area contributed by atoms with E-state index in [1.165, 1.54) is 23.1 Å². The summed E-state index contributed by atoms with van der Waals surface area (Å²) in [6.07, 6.45) is -8.62. The molecule has 2 saturated heterocycles. The van der Waals surface area contributed by atoms with Crippen molar-refractivity contribution in [2.24, 2.45) is 5.92 Å². The lowest BCUT2D eigenvalue weighted by Gasteiger charge is -2.34. The quantitative estimate of drug-likeness (QED) is 0.211. The van der Waals surface area contributed by atoms with Gasteiger partial charge in [0.05, 0.1) is 18.1 Å². The number of anilines is 2. The van der Waals surface area contributed by atoms with Crippen molar-refractivity contribution in [2.75, 3.05) is 49.1 Å². The number of urea groups is 1. The van der Waals surface area contributed by atoms with E-state index in [2.05, 4.69) is 25.9 Å². The molecule has 2 aliphatic rings. The van der Waals surface area contributed by atoms with Crippen LogP contribution in [0.25, 0.3) is 0 Å². The van der Waals surface area contributed by atoms with Crippen LogP contribution in [0.2, 0.25) is 0 Å². The minimum absolute atomic E-state index is 0.00587. The number of carbonyl (C=O) groups is 3. The van der Waals surface area contributed by atoms with Crippen LogP contribution in [-0.2, 0) is 28.4 Å². The lowest BCUT2D eigenvalue weighted by atomic mass is 9.93. The number of alkyl halides is 6. The Kier molecular flexibility index (Phi) is 11.9. The normalized spacial score (nSPS) is 18.9. The molecule has 0 radical (unpaired) electrons. The van der Waals surface area contributed by atoms with Crippen LogP contribution in [0.5, 0.6) is 0 Å². The Bertz CT molecular complexity index is 1420. The van der Waals surface area contributed by atoms with Crippen LogP contribution < -0.4 is 25.8 Å². The number of aromatic nitrogens is 2. The van der Waals surface area contributed by atoms with Gasteiger partial charge in [-0.25, -0.2) is 14.8 Å². The number of β-amino-alcohol motifs (C(OH)–C–C–N with tert-alkyl or cyclic N) is 1. The van der Waals surface area contributed by atoms with Crippen molar-refractivity contribution >= 4 is 29.5 Å². The van der Waals surface area contributed by atoms with E-state index < -0.39 is 53.8 Å². The number of aliphatic hydroxyl groups is 1. The van der Waals surface area contributed by atoms with E-state index in [0.29, 0.717) is 44.5 Å². The highest BCUT2D eigenvalue weighted by Crippen LogP contribution is 2.34. The number of carboxylic acids is 1. The molecule has 1 aromatic carbocycles. The Morgan fingerprint density at radius 3 is 2.15 bits per heavy atom. The molecular weight excluding hydrogens is 652 g/mol. The van der Waals surface area contributed by atoms with Gasteiger partial charge in [0, 0.05) is 51.8 Å². The molecule has 264 valence electrons. The maximum Gasteiger partial charge on any atom is 0.451 e. The summed E-state index contributed by atoms with van der Waals surface area (Å²) in [4.78, 5) is 45.9. The molecule has 5 N–H and O–H groups in total. The van der Waals surface area contributed by atoms with Crippen molar-refractivity contribution < 1.29 is 50.9 Å². The zero-order valence-corrected chi connectivity index (χ0v) is 25.8. The second kappa shape index (κ2) is 15.7. The van der Waals surface area contributed by atoms with Gasteiger partial charge in [-0.05, 0) is 49.3 Å². The fraction of sp³-hybridized carbons (Fsp3) is 0.567. The smallest absolute Gasteiger partial charge is 0.451 e. The van der Waals surface area contributed by atoms with Crippen molar-refractivity contribution in [1.82, 2.24) is 25.9 Å². The number of nitrogens with one attached hydrogen (secondary N) is 3. The number of amides is 3. The van der Waals surface area contributed by atoms with Crippen molar-refractivity contribution in [3.63, 3.8) is 0 Å². The lowest BCUT2D eigenvalue weighted by molar-refractivity contribution is -0.145. The molecule has 0 bridgehead atoms. The Morgan fingerprint density at radius 2 is 1.52 bits per heavy atom. The predicted molar refractivity (Wildman–Crippen MR) is 160 cm³/mol. The number of carboxylic acid groups (broad SMARTS) is 1. The summed E-state index contributed by atoms with van der Waals surface area (Å²) >= 11 is 0. The molecule has 48 heavy (non-hydrogen) atoms. The summed E-state index contributed by atoms with van der Waals surface area (Å²) < 4.78 is 80.2. The second-order valence-electron chi connectivity index (χ2n) is 11.7. The number of hydrogen-bond acceptors (Lipinski definition) is 8. The fourth-order valence-corrected chi connectivity index (χ4v) is 5.67. The molecule has 0 unspecified atom stereocenters. The molecule has 0 spiro atoms. The fourth-order valence-electron chi connectivity index (χ4n) is 5.67. The first-order valence-electron chi connectivity index (χ1n) is 15.4. The van der Waals surface area contributed by atoms with Gasteiger partial charge >= 0.3 is 24.4 Å². The van der Waals surface area contributed by atoms with Gasteiger partial charge < -0.3 is 36.0 Å². The van der Waals surface area contributed by atoms with Crippen LogP contribution in [-0.4, -0.2) is 89.5 Å². The Morgan fingerprint density at radius 1 is 0.875 bits per heavy atom. The molecular formula is C30H37F6N7O5. The van der Waals surface area contributed by atoms with Gasteiger partial charge in [0.2, 0.25) is 11.7 Å². The number of benzene rings is 1. The van der Waals surface area contributed by atoms with Crippen LogP contribution in [0, 0.1) is 5.92 Å². The summed E-state index contributed by atoms with van der Waals surface area (Å²) in [5.74, 6) is -2.98. The van der Waals surface area contributed by atoms with Crippen molar-refractivity contribution in [2.45, 2.75) is 63.0 Å². The molecule has 4 rings (SSSR count). The number of carbonyl (C=O) groups excluding carboxylic acids is 2.